The summed E-state index contributed by atoms with van der Waals surface area (Å²) in [6.07, 6.45) is 3.96. The van der Waals surface area contributed by atoms with Crippen LogP contribution in [-0.4, -0.2) is 18.0 Å². The monoisotopic (exact) mass is 535 g/mol. The number of fused-ring (bicyclic) bond motifs is 2. The molecule has 1 fully saturated rings. The lowest BCUT2D eigenvalue weighted by Gasteiger charge is -2.29. The Kier molecular flexibility index (Phi) is 7.17. The zero-order valence-corrected chi connectivity index (χ0v) is 23.7. The second kappa shape index (κ2) is 11.4. The van der Waals surface area contributed by atoms with Gasteiger partial charge in [-0.1, -0.05) is 140 Å². The van der Waals surface area contributed by atoms with E-state index in [0.29, 0.717) is 0 Å². The van der Waals surface area contributed by atoms with E-state index in [-0.39, 0.29) is 0 Å². The van der Waals surface area contributed by atoms with Crippen molar-refractivity contribution in [2.45, 2.75) is 25.8 Å². The molecule has 1 heterocycles. The molecule has 0 N–H and O–H groups in total. The fraction of sp³-hybridized carbons (Fsp3) is 0.158. The van der Waals surface area contributed by atoms with Gasteiger partial charge < -0.3 is 0 Å². The molecule has 1 aliphatic heterocycles. The number of hydrogen-bond acceptors (Lipinski definition) is 1. The smallest absolute Gasteiger partial charge is 0.0240 e. The van der Waals surface area contributed by atoms with E-state index in [1.54, 1.807) is 0 Å². The zero-order chi connectivity index (χ0) is 26.7. The summed E-state index contributed by atoms with van der Waals surface area (Å²) in [6, 6.07) is 49.7. The third kappa shape index (κ3) is 4.86. The Balaban J connectivity index is 1.56. The van der Waals surface area contributed by atoms with Crippen LogP contribution >= 0.6 is 7.92 Å². The Morgan fingerprint density at radius 1 is 0.475 bits per heavy atom. The third-order valence-corrected chi connectivity index (χ3v) is 10.8. The van der Waals surface area contributed by atoms with Gasteiger partial charge in [0.05, 0.1) is 0 Å². The second-order valence-corrected chi connectivity index (χ2v) is 13.0. The topological polar surface area (TPSA) is 3.24 Å². The molecule has 0 atom stereocenters. The van der Waals surface area contributed by atoms with E-state index in [9.17, 15) is 0 Å². The highest BCUT2D eigenvalue weighted by Crippen LogP contribution is 2.43. The van der Waals surface area contributed by atoms with Gasteiger partial charge in [-0.05, 0) is 88.0 Å². The summed E-state index contributed by atoms with van der Waals surface area (Å²) in [5, 5.41) is 9.51. The van der Waals surface area contributed by atoms with Crippen LogP contribution in [0.5, 0.6) is 0 Å². The van der Waals surface area contributed by atoms with Crippen molar-refractivity contribution < 1.29 is 0 Å². The van der Waals surface area contributed by atoms with Crippen molar-refractivity contribution in [1.82, 2.24) is 4.90 Å². The van der Waals surface area contributed by atoms with Crippen molar-refractivity contribution in [3.05, 3.63) is 139 Å². The number of rotatable bonds is 6. The number of piperidine rings is 1. The van der Waals surface area contributed by atoms with E-state index in [1.165, 1.54) is 86.5 Å². The van der Waals surface area contributed by atoms with Crippen molar-refractivity contribution in [1.29, 1.82) is 0 Å². The average Bonchev–Trinajstić information content (AvgIpc) is 3.03. The van der Waals surface area contributed by atoms with Gasteiger partial charge in [0.2, 0.25) is 0 Å². The van der Waals surface area contributed by atoms with Crippen LogP contribution in [0.1, 0.15) is 24.8 Å². The first-order chi connectivity index (χ1) is 19.9. The maximum atomic E-state index is 2.67. The summed E-state index contributed by atoms with van der Waals surface area (Å²) in [6.45, 7) is 3.38. The van der Waals surface area contributed by atoms with E-state index in [1.807, 2.05) is 0 Å². The summed E-state index contributed by atoms with van der Waals surface area (Å²) in [7, 11) is -0.764. The Labute approximate surface area is 238 Å². The molecule has 7 rings (SSSR count). The second-order valence-electron chi connectivity index (χ2n) is 10.8. The predicted molar refractivity (Wildman–Crippen MR) is 175 cm³/mol. The highest BCUT2D eigenvalue weighted by atomic mass is 31.1. The van der Waals surface area contributed by atoms with Crippen molar-refractivity contribution in [2.75, 3.05) is 13.1 Å². The summed E-state index contributed by atoms with van der Waals surface area (Å²) in [4.78, 5) is 2.67. The summed E-state index contributed by atoms with van der Waals surface area (Å²) in [5.41, 5.74) is 4.25. The first-order valence-electron chi connectivity index (χ1n) is 14.5. The van der Waals surface area contributed by atoms with E-state index in [0.717, 1.165) is 6.54 Å². The molecule has 6 aromatic carbocycles. The minimum absolute atomic E-state index is 0.764. The maximum absolute atomic E-state index is 2.67. The normalized spacial score (nSPS) is 14.2. The molecule has 0 amide bonds. The molecular formula is C38H34NP. The first-order valence-corrected chi connectivity index (χ1v) is 15.9. The molecule has 0 unspecified atom stereocenters. The van der Waals surface area contributed by atoms with Gasteiger partial charge in [-0.2, -0.15) is 0 Å². The minimum atomic E-state index is -0.764. The quantitative estimate of drug-likeness (QED) is 0.194. The molecule has 1 saturated heterocycles. The van der Waals surface area contributed by atoms with E-state index >= 15 is 0 Å². The number of benzene rings is 6. The Hall–Kier alpha value is -3.77. The molecule has 6 aromatic rings. The van der Waals surface area contributed by atoms with E-state index in [2.05, 4.69) is 138 Å². The maximum Gasteiger partial charge on any atom is 0.0240 e. The molecular weight excluding hydrogens is 501 g/mol. The summed E-state index contributed by atoms with van der Waals surface area (Å²) < 4.78 is 0. The average molecular weight is 536 g/mol. The molecule has 0 spiro atoms. The van der Waals surface area contributed by atoms with Gasteiger partial charge in [0.25, 0.3) is 0 Å². The van der Waals surface area contributed by atoms with Crippen molar-refractivity contribution in [2.24, 2.45) is 0 Å². The Bertz CT molecular complexity index is 1710. The molecule has 0 radical (unpaired) electrons. The molecule has 1 nitrogen and oxygen atoms in total. The van der Waals surface area contributed by atoms with Crippen molar-refractivity contribution in [3.63, 3.8) is 0 Å². The summed E-state index contributed by atoms with van der Waals surface area (Å²) in [5.74, 6) is 0. The number of likely N-dealkylation sites (tertiary alicyclic amines) is 1. The van der Waals surface area contributed by atoms with Crippen LogP contribution in [0.2, 0.25) is 0 Å². The van der Waals surface area contributed by atoms with Gasteiger partial charge in [0.15, 0.2) is 0 Å². The van der Waals surface area contributed by atoms with Crippen molar-refractivity contribution in [3.8, 4) is 11.1 Å². The van der Waals surface area contributed by atoms with Gasteiger partial charge in [0, 0.05) is 6.54 Å². The molecule has 1 aliphatic rings. The molecule has 0 saturated carbocycles. The lowest BCUT2D eigenvalue weighted by molar-refractivity contribution is 0.221. The van der Waals surface area contributed by atoms with Crippen LogP contribution in [0, 0.1) is 0 Å². The molecule has 0 aromatic heterocycles. The van der Waals surface area contributed by atoms with Crippen molar-refractivity contribution >= 4 is 45.4 Å². The lowest BCUT2D eigenvalue weighted by Crippen LogP contribution is -2.29. The Morgan fingerprint density at radius 2 is 1.00 bits per heavy atom. The zero-order valence-electron chi connectivity index (χ0n) is 22.8. The first kappa shape index (κ1) is 25.2. The molecule has 0 bridgehead atoms. The van der Waals surface area contributed by atoms with Crippen LogP contribution in [0.3, 0.4) is 0 Å². The largest absolute Gasteiger partial charge is 0.299 e. The van der Waals surface area contributed by atoms with Crippen LogP contribution in [0.4, 0.5) is 0 Å². The van der Waals surface area contributed by atoms with Gasteiger partial charge in [-0.15, -0.1) is 0 Å². The van der Waals surface area contributed by atoms with Crippen LogP contribution < -0.4 is 15.9 Å². The molecule has 196 valence electrons. The molecule has 0 aliphatic carbocycles. The van der Waals surface area contributed by atoms with Crippen LogP contribution in [0.15, 0.2) is 133 Å². The number of nitrogens with zero attached hydrogens (tertiary/aromatic N) is 1. The predicted octanol–water partition coefficient (Wildman–Crippen LogP) is 8.40. The lowest BCUT2D eigenvalue weighted by atomic mass is 9.89. The van der Waals surface area contributed by atoms with Gasteiger partial charge in [-0.25, -0.2) is 0 Å². The Morgan fingerprint density at radius 3 is 1.62 bits per heavy atom. The van der Waals surface area contributed by atoms with E-state index < -0.39 is 7.92 Å². The van der Waals surface area contributed by atoms with Gasteiger partial charge in [-0.3, -0.25) is 4.90 Å². The van der Waals surface area contributed by atoms with Gasteiger partial charge in [0.1, 0.15) is 0 Å². The standard InChI is InChI=1S/C38H34NP/c1-4-16-32(17-5-1)40(33-18-6-2-7-19-33)36-25-24-30-15-9-11-21-35(30)38(36)37-31(28-39-26-12-3-13-27-39)23-22-29-14-8-10-20-34(29)37/h1-2,4-11,14-25H,3,12-13,26-28H2. The summed E-state index contributed by atoms with van der Waals surface area (Å²) >= 11 is 0. The number of hydrogen-bond donors (Lipinski definition) is 0. The molecule has 2 heteroatoms. The van der Waals surface area contributed by atoms with Crippen LogP contribution in [-0.2, 0) is 6.54 Å². The minimum Gasteiger partial charge on any atom is -0.299 e. The third-order valence-electron chi connectivity index (χ3n) is 8.28. The van der Waals surface area contributed by atoms with E-state index in [4.69, 9.17) is 0 Å². The molecule has 40 heavy (non-hydrogen) atoms. The SMILES string of the molecule is c1ccc(P(c2ccccc2)c2ccc3ccccc3c2-c2c(CN3CCCCC3)ccc3ccccc23)cc1. The fourth-order valence-corrected chi connectivity index (χ4v) is 8.87. The highest BCUT2D eigenvalue weighted by molar-refractivity contribution is 7.80. The van der Waals surface area contributed by atoms with Gasteiger partial charge >= 0.3 is 0 Å². The van der Waals surface area contributed by atoms with Crippen LogP contribution in [0.25, 0.3) is 32.7 Å². The fourth-order valence-electron chi connectivity index (χ4n) is 6.39. The highest BCUT2D eigenvalue weighted by Gasteiger charge is 2.25.